The molecule has 0 amide bonds. The van der Waals surface area contributed by atoms with E-state index in [1.807, 2.05) is 18.4 Å². The average molecular weight is 210 g/mol. The Morgan fingerprint density at radius 3 is 2.21 bits per heavy atom. The highest BCUT2D eigenvalue weighted by Crippen LogP contribution is 2.32. The van der Waals surface area contributed by atoms with E-state index in [-0.39, 0.29) is 5.56 Å². The van der Waals surface area contributed by atoms with Crippen LogP contribution in [0, 0.1) is 18.6 Å². The molecule has 0 unspecified atom stereocenters. The van der Waals surface area contributed by atoms with Gasteiger partial charge in [-0.1, -0.05) is 6.07 Å². The molecule has 0 spiro atoms. The predicted octanol–water partition coefficient (Wildman–Crippen LogP) is 4.00. The van der Waals surface area contributed by atoms with E-state index in [1.54, 1.807) is 0 Å². The predicted molar refractivity (Wildman–Crippen MR) is 54.4 cm³/mol. The van der Waals surface area contributed by atoms with Gasteiger partial charge in [-0.3, -0.25) is 0 Å². The molecule has 0 atom stereocenters. The zero-order valence-electron chi connectivity index (χ0n) is 7.55. The molecular formula is C11H8F2S. The lowest BCUT2D eigenvalue weighted by molar-refractivity contribution is 0.590. The van der Waals surface area contributed by atoms with E-state index in [2.05, 4.69) is 0 Å². The molecule has 14 heavy (non-hydrogen) atoms. The number of hydrogen-bond acceptors (Lipinski definition) is 1. The summed E-state index contributed by atoms with van der Waals surface area (Å²) in [5, 5.41) is 1.83. The van der Waals surface area contributed by atoms with Gasteiger partial charge in [-0.25, -0.2) is 8.78 Å². The van der Waals surface area contributed by atoms with Crippen LogP contribution in [0.1, 0.15) is 5.56 Å². The fourth-order valence-corrected chi connectivity index (χ4v) is 2.32. The second-order valence-corrected chi connectivity index (χ2v) is 3.95. The molecule has 1 aromatic heterocycles. The van der Waals surface area contributed by atoms with Crippen molar-refractivity contribution in [1.82, 2.24) is 0 Å². The van der Waals surface area contributed by atoms with Crippen LogP contribution in [-0.4, -0.2) is 0 Å². The zero-order chi connectivity index (χ0) is 10.1. The minimum Gasteiger partial charge on any atom is -0.206 e. The standard InChI is InChI=1S/C11H8F2S/c1-7-5-6-14-11(7)10-8(12)3-2-4-9(10)13/h2-6H,1H3. The molecular weight excluding hydrogens is 202 g/mol. The van der Waals surface area contributed by atoms with Crippen molar-refractivity contribution in [3.8, 4) is 10.4 Å². The Kier molecular flexibility index (Phi) is 2.33. The maximum absolute atomic E-state index is 13.4. The van der Waals surface area contributed by atoms with Crippen LogP contribution in [0.2, 0.25) is 0 Å². The first-order valence-corrected chi connectivity index (χ1v) is 5.06. The summed E-state index contributed by atoms with van der Waals surface area (Å²) in [5.41, 5.74) is 0.985. The Bertz CT molecular complexity index is 440. The van der Waals surface area contributed by atoms with Gasteiger partial charge in [0.25, 0.3) is 0 Å². The molecule has 3 heteroatoms. The average Bonchev–Trinajstić information content (AvgIpc) is 2.52. The molecule has 0 aliphatic rings. The van der Waals surface area contributed by atoms with Crippen molar-refractivity contribution in [3.05, 3.63) is 46.8 Å². The zero-order valence-corrected chi connectivity index (χ0v) is 8.37. The quantitative estimate of drug-likeness (QED) is 0.667. The van der Waals surface area contributed by atoms with E-state index >= 15 is 0 Å². The van der Waals surface area contributed by atoms with Gasteiger partial charge in [0.15, 0.2) is 0 Å². The first kappa shape index (κ1) is 9.34. The van der Waals surface area contributed by atoms with Gasteiger partial charge in [-0.05, 0) is 36.1 Å². The van der Waals surface area contributed by atoms with Crippen LogP contribution in [0.5, 0.6) is 0 Å². The minimum absolute atomic E-state index is 0.0833. The topological polar surface area (TPSA) is 0 Å². The van der Waals surface area contributed by atoms with Gasteiger partial charge in [-0.15, -0.1) is 11.3 Å². The summed E-state index contributed by atoms with van der Waals surface area (Å²) >= 11 is 1.35. The SMILES string of the molecule is Cc1ccsc1-c1c(F)cccc1F. The second-order valence-electron chi connectivity index (χ2n) is 3.03. The molecule has 1 heterocycles. The summed E-state index contributed by atoms with van der Waals surface area (Å²) < 4.78 is 26.7. The van der Waals surface area contributed by atoms with E-state index < -0.39 is 11.6 Å². The number of benzene rings is 1. The van der Waals surface area contributed by atoms with Gasteiger partial charge >= 0.3 is 0 Å². The van der Waals surface area contributed by atoms with Crippen molar-refractivity contribution in [2.75, 3.05) is 0 Å². The van der Waals surface area contributed by atoms with Gasteiger partial charge in [-0.2, -0.15) is 0 Å². The molecule has 0 saturated heterocycles. The molecule has 2 rings (SSSR count). The molecule has 0 bridgehead atoms. The molecule has 0 N–H and O–H groups in total. The molecule has 0 aliphatic heterocycles. The maximum Gasteiger partial charge on any atom is 0.134 e. The van der Waals surface area contributed by atoms with E-state index in [0.29, 0.717) is 4.88 Å². The largest absolute Gasteiger partial charge is 0.206 e. The highest BCUT2D eigenvalue weighted by molar-refractivity contribution is 7.13. The number of thiophene rings is 1. The van der Waals surface area contributed by atoms with Crippen LogP contribution in [0.3, 0.4) is 0 Å². The third-order valence-corrected chi connectivity index (χ3v) is 3.09. The van der Waals surface area contributed by atoms with Crippen molar-refractivity contribution >= 4 is 11.3 Å². The van der Waals surface area contributed by atoms with Crippen molar-refractivity contribution < 1.29 is 8.78 Å². The maximum atomic E-state index is 13.4. The molecule has 0 saturated carbocycles. The van der Waals surface area contributed by atoms with Crippen LogP contribution in [0.25, 0.3) is 10.4 Å². The van der Waals surface area contributed by atoms with Gasteiger partial charge in [0.2, 0.25) is 0 Å². The highest BCUT2D eigenvalue weighted by atomic mass is 32.1. The van der Waals surface area contributed by atoms with E-state index in [1.165, 1.54) is 29.5 Å². The van der Waals surface area contributed by atoms with Crippen LogP contribution in [-0.2, 0) is 0 Å². The Hall–Kier alpha value is -1.22. The molecule has 0 fully saturated rings. The van der Waals surface area contributed by atoms with E-state index in [9.17, 15) is 8.78 Å². The van der Waals surface area contributed by atoms with E-state index in [0.717, 1.165) is 5.56 Å². The van der Waals surface area contributed by atoms with Crippen molar-refractivity contribution in [1.29, 1.82) is 0 Å². The third-order valence-electron chi connectivity index (χ3n) is 2.05. The molecule has 2 aromatic rings. The second kappa shape index (κ2) is 3.50. The first-order chi connectivity index (χ1) is 6.70. The lowest BCUT2D eigenvalue weighted by atomic mass is 10.1. The van der Waals surface area contributed by atoms with Crippen molar-refractivity contribution in [2.24, 2.45) is 0 Å². The lowest BCUT2D eigenvalue weighted by Crippen LogP contribution is -1.88. The molecule has 0 radical (unpaired) electrons. The van der Waals surface area contributed by atoms with E-state index in [4.69, 9.17) is 0 Å². The fraction of sp³-hybridized carbons (Fsp3) is 0.0909. The summed E-state index contributed by atoms with van der Waals surface area (Å²) in [6.07, 6.45) is 0. The van der Waals surface area contributed by atoms with Crippen LogP contribution < -0.4 is 0 Å². The number of hydrogen-bond donors (Lipinski definition) is 0. The minimum atomic E-state index is -0.504. The monoisotopic (exact) mass is 210 g/mol. The van der Waals surface area contributed by atoms with Gasteiger partial charge in [0, 0.05) is 4.88 Å². The first-order valence-electron chi connectivity index (χ1n) is 4.18. The fourth-order valence-electron chi connectivity index (χ4n) is 1.34. The smallest absolute Gasteiger partial charge is 0.134 e. The number of halogens is 2. The normalized spacial score (nSPS) is 10.5. The highest BCUT2D eigenvalue weighted by Gasteiger charge is 2.13. The molecule has 1 aromatic carbocycles. The van der Waals surface area contributed by atoms with Crippen molar-refractivity contribution in [2.45, 2.75) is 6.92 Å². The number of aryl methyl sites for hydroxylation is 1. The Morgan fingerprint density at radius 2 is 1.71 bits per heavy atom. The van der Waals surface area contributed by atoms with Crippen LogP contribution >= 0.6 is 11.3 Å². The Morgan fingerprint density at radius 1 is 1.07 bits per heavy atom. The number of rotatable bonds is 1. The summed E-state index contributed by atoms with van der Waals surface area (Å²) in [7, 11) is 0. The summed E-state index contributed by atoms with van der Waals surface area (Å²) in [6.45, 7) is 1.84. The Balaban J connectivity index is 2.68. The van der Waals surface area contributed by atoms with Crippen LogP contribution in [0.4, 0.5) is 8.78 Å². The molecule has 0 aliphatic carbocycles. The third kappa shape index (κ3) is 1.44. The van der Waals surface area contributed by atoms with Crippen molar-refractivity contribution in [3.63, 3.8) is 0 Å². The Labute approximate surface area is 84.8 Å². The summed E-state index contributed by atoms with van der Waals surface area (Å²) in [5.74, 6) is -1.01. The van der Waals surface area contributed by atoms with Gasteiger partial charge in [0.05, 0.1) is 5.56 Å². The van der Waals surface area contributed by atoms with Gasteiger partial charge < -0.3 is 0 Å². The van der Waals surface area contributed by atoms with Crippen LogP contribution in [0.15, 0.2) is 29.6 Å². The molecule has 0 nitrogen and oxygen atoms in total. The lowest BCUT2D eigenvalue weighted by Gasteiger charge is -2.03. The van der Waals surface area contributed by atoms with Gasteiger partial charge in [0.1, 0.15) is 11.6 Å². The molecule has 72 valence electrons. The summed E-state index contributed by atoms with van der Waals surface area (Å²) in [6, 6.07) is 5.78. The summed E-state index contributed by atoms with van der Waals surface area (Å²) in [4.78, 5) is 0.667.